The number of fused-ring (bicyclic) bond motifs is 1. The van der Waals surface area contributed by atoms with Crippen LogP contribution in [0.5, 0.6) is 0 Å². The minimum atomic E-state index is 0.569. The fourth-order valence-corrected chi connectivity index (χ4v) is 4.24. The topological polar surface area (TPSA) is 46.0 Å². The molecule has 2 atom stereocenters. The van der Waals surface area contributed by atoms with E-state index in [4.69, 9.17) is 4.98 Å². The van der Waals surface area contributed by atoms with Crippen LogP contribution in [-0.2, 0) is 13.0 Å². The number of imidazole rings is 1. The van der Waals surface area contributed by atoms with Gasteiger partial charge in [-0.05, 0) is 57.5 Å². The van der Waals surface area contributed by atoms with Crippen molar-refractivity contribution < 1.29 is 0 Å². The lowest BCUT2D eigenvalue weighted by Crippen LogP contribution is -2.33. The molecule has 2 aromatic heterocycles. The van der Waals surface area contributed by atoms with E-state index in [1.807, 2.05) is 12.3 Å². The zero-order chi connectivity index (χ0) is 15.6. The number of aromatic nitrogens is 3. The molecule has 2 aliphatic heterocycles. The van der Waals surface area contributed by atoms with E-state index < -0.39 is 0 Å². The van der Waals surface area contributed by atoms with Crippen LogP contribution in [0.15, 0.2) is 18.3 Å². The van der Waals surface area contributed by atoms with E-state index in [0.717, 1.165) is 37.2 Å². The fourth-order valence-electron chi connectivity index (χ4n) is 4.24. The second-order valence-corrected chi connectivity index (χ2v) is 6.91. The van der Waals surface area contributed by atoms with Crippen LogP contribution in [0.2, 0.25) is 0 Å². The van der Waals surface area contributed by atoms with Crippen molar-refractivity contribution in [3.63, 3.8) is 0 Å². The summed E-state index contributed by atoms with van der Waals surface area (Å²) in [5.74, 6) is 1.22. The first-order valence-corrected chi connectivity index (χ1v) is 9.12. The molecule has 5 heteroatoms. The Bertz CT molecular complexity index is 658. The van der Waals surface area contributed by atoms with E-state index in [2.05, 4.69) is 32.8 Å². The predicted molar refractivity (Wildman–Crippen MR) is 92.5 cm³/mol. The summed E-state index contributed by atoms with van der Waals surface area (Å²) in [6, 6.07) is 5.30. The standard InChI is InChI=1S/C18H27N5/c1-2-22-11-5-7-15(22)12-17-21-16-8-4-10-20-18(16)23(17)13-14-6-3-9-19-14/h4,8,10,14-15,19H,2-3,5-7,9,11-13H2,1H3. The molecule has 4 heterocycles. The first-order chi connectivity index (χ1) is 11.3. The van der Waals surface area contributed by atoms with Crippen LogP contribution >= 0.6 is 0 Å². The summed E-state index contributed by atoms with van der Waals surface area (Å²) in [5.41, 5.74) is 2.10. The van der Waals surface area contributed by atoms with Crippen molar-refractivity contribution in [2.75, 3.05) is 19.6 Å². The molecule has 2 saturated heterocycles. The highest BCUT2D eigenvalue weighted by Crippen LogP contribution is 2.23. The summed E-state index contributed by atoms with van der Waals surface area (Å²) >= 11 is 0. The van der Waals surface area contributed by atoms with E-state index >= 15 is 0 Å². The molecule has 0 amide bonds. The Labute approximate surface area is 138 Å². The highest BCUT2D eigenvalue weighted by atomic mass is 15.2. The van der Waals surface area contributed by atoms with Gasteiger partial charge in [0.15, 0.2) is 5.65 Å². The van der Waals surface area contributed by atoms with Gasteiger partial charge in [0.05, 0.1) is 0 Å². The Morgan fingerprint density at radius 2 is 2.26 bits per heavy atom. The van der Waals surface area contributed by atoms with Crippen molar-refractivity contribution in [1.29, 1.82) is 0 Å². The van der Waals surface area contributed by atoms with Gasteiger partial charge in [0.1, 0.15) is 11.3 Å². The molecule has 5 nitrogen and oxygen atoms in total. The van der Waals surface area contributed by atoms with E-state index in [9.17, 15) is 0 Å². The highest BCUT2D eigenvalue weighted by molar-refractivity contribution is 5.71. The molecule has 1 N–H and O–H groups in total. The molecule has 0 aliphatic carbocycles. The van der Waals surface area contributed by atoms with Gasteiger partial charge >= 0.3 is 0 Å². The van der Waals surface area contributed by atoms with Gasteiger partial charge in [-0.15, -0.1) is 0 Å². The first kappa shape index (κ1) is 15.1. The van der Waals surface area contributed by atoms with Gasteiger partial charge in [-0.1, -0.05) is 6.92 Å². The molecule has 2 unspecified atom stereocenters. The number of hydrogen-bond donors (Lipinski definition) is 1. The SMILES string of the molecule is CCN1CCCC1Cc1nc2cccnc2n1CC1CCCN1. The minimum absolute atomic E-state index is 0.569. The highest BCUT2D eigenvalue weighted by Gasteiger charge is 2.26. The Hall–Kier alpha value is -1.46. The van der Waals surface area contributed by atoms with Gasteiger partial charge in [-0.3, -0.25) is 0 Å². The number of likely N-dealkylation sites (N-methyl/N-ethyl adjacent to an activating group) is 1. The summed E-state index contributed by atoms with van der Waals surface area (Å²) in [6.07, 6.45) is 8.10. The van der Waals surface area contributed by atoms with Gasteiger partial charge in [-0.2, -0.15) is 0 Å². The molecule has 124 valence electrons. The predicted octanol–water partition coefficient (Wildman–Crippen LogP) is 2.21. The van der Waals surface area contributed by atoms with E-state index in [1.54, 1.807) is 0 Å². The van der Waals surface area contributed by atoms with E-state index in [0.29, 0.717) is 12.1 Å². The van der Waals surface area contributed by atoms with Gasteiger partial charge in [-0.25, -0.2) is 9.97 Å². The molecule has 2 aromatic rings. The fraction of sp³-hybridized carbons (Fsp3) is 0.667. The lowest BCUT2D eigenvalue weighted by molar-refractivity contribution is 0.261. The summed E-state index contributed by atoms with van der Waals surface area (Å²) in [7, 11) is 0. The van der Waals surface area contributed by atoms with Crippen LogP contribution in [0.1, 0.15) is 38.4 Å². The monoisotopic (exact) mass is 313 g/mol. The molecule has 0 radical (unpaired) electrons. The summed E-state index contributed by atoms with van der Waals surface area (Å²) in [5, 5.41) is 3.61. The molecule has 0 aromatic carbocycles. The average molecular weight is 313 g/mol. The van der Waals surface area contributed by atoms with Gasteiger partial charge in [0.25, 0.3) is 0 Å². The normalized spacial score (nSPS) is 25.6. The molecule has 23 heavy (non-hydrogen) atoms. The smallest absolute Gasteiger partial charge is 0.160 e. The number of likely N-dealkylation sites (tertiary alicyclic amines) is 1. The van der Waals surface area contributed by atoms with Crippen LogP contribution in [0.4, 0.5) is 0 Å². The van der Waals surface area contributed by atoms with Crippen molar-refractivity contribution in [3.8, 4) is 0 Å². The zero-order valence-corrected chi connectivity index (χ0v) is 14.0. The van der Waals surface area contributed by atoms with Crippen LogP contribution in [0.3, 0.4) is 0 Å². The Kier molecular flexibility index (Phi) is 4.31. The van der Waals surface area contributed by atoms with Crippen molar-refractivity contribution in [2.45, 2.75) is 57.7 Å². The summed E-state index contributed by atoms with van der Waals surface area (Å²) < 4.78 is 2.38. The van der Waals surface area contributed by atoms with Crippen LogP contribution in [0, 0.1) is 0 Å². The van der Waals surface area contributed by atoms with Crippen LogP contribution in [0.25, 0.3) is 11.2 Å². The lowest BCUT2D eigenvalue weighted by atomic mass is 10.1. The van der Waals surface area contributed by atoms with Gasteiger partial charge < -0.3 is 14.8 Å². The maximum absolute atomic E-state index is 4.93. The number of nitrogens with zero attached hydrogens (tertiary/aromatic N) is 4. The van der Waals surface area contributed by atoms with Gasteiger partial charge in [0.2, 0.25) is 0 Å². The Morgan fingerprint density at radius 1 is 1.30 bits per heavy atom. The molecule has 0 spiro atoms. The quantitative estimate of drug-likeness (QED) is 0.919. The second kappa shape index (κ2) is 6.57. The number of hydrogen-bond acceptors (Lipinski definition) is 4. The molecule has 4 rings (SSSR count). The molecule has 2 aliphatic rings. The minimum Gasteiger partial charge on any atom is -0.312 e. The summed E-state index contributed by atoms with van der Waals surface area (Å²) in [6.45, 7) is 6.80. The zero-order valence-electron chi connectivity index (χ0n) is 14.0. The molecule has 2 fully saturated rings. The van der Waals surface area contributed by atoms with Crippen molar-refractivity contribution in [2.24, 2.45) is 0 Å². The van der Waals surface area contributed by atoms with Crippen molar-refractivity contribution in [1.82, 2.24) is 24.8 Å². The molecular weight excluding hydrogens is 286 g/mol. The Balaban J connectivity index is 1.64. The third kappa shape index (κ3) is 3.00. The van der Waals surface area contributed by atoms with E-state index in [1.165, 1.54) is 38.1 Å². The first-order valence-electron chi connectivity index (χ1n) is 9.12. The molecule has 0 saturated carbocycles. The van der Waals surface area contributed by atoms with Crippen molar-refractivity contribution >= 4 is 11.2 Å². The van der Waals surface area contributed by atoms with Crippen molar-refractivity contribution in [3.05, 3.63) is 24.2 Å². The largest absolute Gasteiger partial charge is 0.312 e. The van der Waals surface area contributed by atoms with E-state index in [-0.39, 0.29) is 0 Å². The maximum atomic E-state index is 4.93. The number of rotatable bonds is 5. The average Bonchev–Trinajstić information content (AvgIpc) is 3.30. The molecular formula is C18H27N5. The van der Waals surface area contributed by atoms with Crippen LogP contribution in [-0.4, -0.2) is 51.2 Å². The third-order valence-electron chi connectivity index (χ3n) is 5.47. The Morgan fingerprint density at radius 3 is 3.09 bits per heavy atom. The van der Waals surface area contributed by atoms with Crippen LogP contribution < -0.4 is 5.32 Å². The number of nitrogens with one attached hydrogen (secondary N) is 1. The third-order valence-corrected chi connectivity index (χ3v) is 5.47. The summed E-state index contributed by atoms with van der Waals surface area (Å²) in [4.78, 5) is 12.2. The maximum Gasteiger partial charge on any atom is 0.160 e. The molecule has 0 bridgehead atoms. The lowest BCUT2D eigenvalue weighted by Gasteiger charge is -2.23. The van der Waals surface area contributed by atoms with Gasteiger partial charge in [0, 0.05) is 31.2 Å². The number of pyridine rings is 1. The second-order valence-electron chi connectivity index (χ2n) is 6.91.